The molecule has 2 rings (SSSR count). The molecule has 0 spiro atoms. The molecule has 1 heterocycles. The van der Waals surface area contributed by atoms with Crippen molar-refractivity contribution in [1.29, 1.82) is 0 Å². The second kappa shape index (κ2) is 4.66. The molecule has 1 aromatic carbocycles. The second-order valence-electron chi connectivity index (χ2n) is 3.89. The van der Waals surface area contributed by atoms with Gasteiger partial charge < -0.3 is 9.63 Å². The number of nitrogens with zero attached hydrogens (tertiary/aromatic N) is 1. The first-order valence-electron chi connectivity index (χ1n) is 5.14. The lowest BCUT2D eigenvalue weighted by Crippen LogP contribution is -1.91. The van der Waals surface area contributed by atoms with Gasteiger partial charge in [0.25, 0.3) is 0 Å². The van der Waals surface area contributed by atoms with Crippen LogP contribution in [-0.4, -0.2) is 16.2 Å². The molecule has 0 bridgehead atoms. The van der Waals surface area contributed by atoms with Crippen LogP contribution in [0.3, 0.4) is 0 Å². The molecule has 18 heavy (non-hydrogen) atoms. The number of carboxylic acid groups (broad SMARTS) is 1. The Hall–Kier alpha value is -2.07. The minimum absolute atomic E-state index is 0.207. The second-order valence-corrected chi connectivity index (χ2v) is 4.33. The third-order valence-corrected chi connectivity index (χ3v) is 2.63. The van der Waals surface area contributed by atoms with Gasteiger partial charge in [-0.05, 0) is 30.7 Å². The van der Waals surface area contributed by atoms with Crippen molar-refractivity contribution in [2.45, 2.75) is 6.92 Å². The highest BCUT2D eigenvalue weighted by molar-refractivity contribution is 6.31. The summed E-state index contributed by atoms with van der Waals surface area (Å²) in [5.74, 6) is -1.36. The Balaban J connectivity index is 2.49. The molecule has 0 fully saturated rings. The fraction of sp³-hybridized carbons (Fsp3) is 0.0769. The zero-order valence-corrected chi connectivity index (χ0v) is 10.4. The summed E-state index contributed by atoms with van der Waals surface area (Å²) < 4.78 is 4.71. The monoisotopic (exact) mass is 263 g/mol. The number of benzene rings is 1. The third-order valence-electron chi connectivity index (χ3n) is 2.41. The van der Waals surface area contributed by atoms with Gasteiger partial charge in [-0.15, -0.1) is 0 Å². The van der Waals surface area contributed by atoms with E-state index < -0.39 is 5.97 Å². The molecule has 5 heteroatoms. The van der Waals surface area contributed by atoms with Gasteiger partial charge in [-0.2, -0.15) is 0 Å². The summed E-state index contributed by atoms with van der Waals surface area (Å²) in [7, 11) is 0. The Morgan fingerprint density at radius 3 is 2.67 bits per heavy atom. The fourth-order valence-electron chi connectivity index (χ4n) is 1.50. The van der Waals surface area contributed by atoms with Gasteiger partial charge in [0.1, 0.15) is 5.69 Å². The summed E-state index contributed by atoms with van der Waals surface area (Å²) in [6.07, 6.45) is 0. The normalized spacial score (nSPS) is 10.3. The van der Waals surface area contributed by atoms with Gasteiger partial charge in [0, 0.05) is 16.7 Å². The Bertz CT molecular complexity index is 631. The smallest absolute Gasteiger partial charge is 0.374 e. The van der Waals surface area contributed by atoms with Gasteiger partial charge in [0.2, 0.25) is 5.76 Å². The Labute approximate surface area is 108 Å². The molecule has 0 aliphatic rings. The molecule has 0 aliphatic carbocycles. The zero-order chi connectivity index (χ0) is 13.3. The standard InChI is InChI=1S/C13H10ClNO3/c1-7(2)8-3-9(5-10(14)4-8)11-6-12(13(16)17)18-15-11/h3-6H,1H2,2H3,(H,16,17). The maximum absolute atomic E-state index is 10.7. The van der Waals surface area contributed by atoms with Crippen LogP contribution in [0.5, 0.6) is 0 Å². The highest BCUT2D eigenvalue weighted by Crippen LogP contribution is 2.27. The van der Waals surface area contributed by atoms with E-state index >= 15 is 0 Å². The topological polar surface area (TPSA) is 63.3 Å². The van der Waals surface area contributed by atoms with Gasteiger partial charge >= 0.3 is 5.97 Å². The van der Waals surface area contributed by atoms with Crippen LogP contribution >= 0.6 is 11.6 Å². The maximum Gasteiger partial charge on any atom is 0.374 e. The molecule has 0 atom stereocenters. The third kappa shape index (κ3) is 2.43. The number of carboxylic acids is 1. The van der Waals surface area contributed by atoms with Gasteiger partial charge in [-0.1, -0.05) is 28.9 Å². The van der Waals surface area contributed by atoms with Crippen molar-refractivity contribution < 1.29 is 14.4 Å². The summed E-state index contributed by atoms with van der Waals surface area (Å²) in [5, 5.41) is 13.0. The molecule has 4 nitrogen and oxygen atoms in total. The number of rotatable bonds is 3. The Kier molecular flexibility index (Phi) is 3.21. The molecule has 0 saturated heterocycles. The minimum atomic E-state index is -1.16. The van der Waals surface area contributed by atoms with E-state index in [1.165, 1.54) is 6.07 Å². The number of aromatic nitrogens is 1. The van der Waals surface area contributed by atoms with Crippen molar-refractivity contribution >= 4 is 23.1 Å². The van der Waals surface area contributed by atoms with E-state index in [1.54, 1.807) is 12.1 Å². The number of halogens is 1. The summed E-state index contributed by atoms with van der Waals surface area (Å²) in [6.45, 7) is 5.70. The van der Waals surface area contributed by atoms with Gasteiger partial charge in [-0.25, -0.2) is 4.79 Å². The number of hydrogen-bond donors (Lipinski definition) is 1. The van der Waals surface area contributed by atoms with Gasteiger partial charge in [0.05, 0.1) is 0 Å². The molecule has 1 N–H and O–H groups in total. The van der Waals surface area contributed by atoms with Crippen LogP contribution in [-0.2, 0) is 0 Å². The lowest BCUT2D eigenvalue weighted by molar-refractivity contribution is 0.0652. The van der Waals surface area contributed by atoms with Crippen LogP contribution < -0.4 is 0 Å². The molecule has 0 amide bonds. The van der Waals surface area contributed by atoms with E-state index in [0.29, 0.717) is 16.3 Å². The minimum Gasteiger partial charge on any atom is -0.475 e. The van der Waals surface area contributed by atoms with Crippen LogP contribution in [0.2, 0.25) is 5.02 Å². The van der Waals surface area contributed by atoms with E-state index in [2.05, 4.69) is 11.7 Å². The molecule has 0 saturated carbocycles. The van der Waals surface area contributed by atoms with Crippen molar-refractivity contribution in [3.8, 4) is 11.3 Å². The van der Waals surface area contributed by atoms with E-state index in [4.69, 9.17) is 21.2 Å². The van der Waals surface area contributed by atoms with Crippen LogP contribution in [0.25, 0.3) is 16.8 Å². The Morgan fingerprint density at radius 2 is 2.11 bits per heavy atom. The molecule has 92 valence electrons. The lowest BCUT2D eigenvalue weighted by Gasteiger charge is -2.03. The first kappa shape index (κ1) is 12.4. The number of hydrogen-bond acceptors (Lipinski definition) is 3. The van der Waals surface area contributed by atoms with Crippen molar-refractivity contribution in [3.05, 3.63) is 47.2 Å². The molecule has 1 aromatic heterocycles. The predicted molar refractivity (Wildman–Crippen MR) is 68.6 cm³/mol. The van der Waals surface area contributed by atoms with E-state index in [1.807, 2.05) is 13.0 Å². The summed E-state index contributed by atoms with van der Waals surface area (Å²) in [4.78, 5) is 10.7. The fourth-order valence-corrected chi connectivity index (χ4v) is 1.73. The lowest BCUT2D eigenvalue weighted by atomic mass is 10.0. The number of allylic oxidation sites excluding steroid dienone is 1. The molecular formula is C13H10ClNO3. The number of aromatic carboxylic acids is 1. The highest BCUT2D eigenvalue weighted by atomic mass is 35.5. The molecule has 0 radical (unpaired) electrons. The SMILES string of the molecule is C=C(C)c1cc(Cl)cc(-c2cc(C(=O)O)on2)c1. The van der Waals surface area contributed by atoms with Crippen molar-refractivity contribution in [1.82, 2.24) is 5.16 Å². The van der Waals surface area contributed by atoms with E-state index in [0.717, 1.165) is 11.1 Å². The highest BCUT2D eigenvalue weighted by Gasteiger charge is 2.13. The average molecular weight is 264 g/mol. The summed E-state index contributed by atoms with van der Waals surface area (Å²) in [5.41, 5.74) is 2.85. The van der Waals surface area contributed by atoms with E-state index in [9.17, 15) is 4.79 Å². The summed E-state index contributed by atoms with van der Waals surface area (Å²) >= 11 is 6.00. The quantitative estimate of drug-likeness (QED) is 0.916. The van der Waals surface area contributed by atoms with Crippen molar-refractivity contribution in [2.24, 2.45) is 0 Å². The first-order valence-corrected chi connectivity index (χ1v) is 5.52. The summed E-state index contributed by atoms with van der Waals surface area (Å²) in [6, 6.07) is 6.66. The molecular weight excluding hydrogens is 254 g/mol. The van der Waals surface area contributed by atoms with Crippen LogP contribution in [0.4, 0.5) is 0 Å². The largest absolute Gasteiger partial charge is 0.475 e. The predicted octanol–water partition coefficient (Wildman–Crippen LogP) is 3.73. The van der Waals surface area contributed by atoms with Crippen molar-refractivity contribution in [3.63, 3.8) is 0 Å². The van der Waals surface area contributed by atoms with Crippen LogP contribution in [0.15, 0.2) is 35.4 Å². The van der Waals surface area contributed by atoms with Crippen molar-refractivity contribution in [2.75, 3.05) is 0 Å². The van der Waals surface area contributed by atoms with Crippen LogP contribution in [0, 0.1) is 0 Å². The maximum atomic E-state index is 10.7. The van der Waals surface area contributed by atoms with Gasteiger partial charge in [-0.3, -0.25) is 0 Å². The Morgan fingerprint density at radius 1 is 1.39 bits per heavy atom. The number of carbonyl (C=O) groups is 1. The molecule has 0 unspecified atom stereocenters. The van der Waals surface area contributed by atoms with Gasteiger partial charge in [0.15, 0.2) is 0 Å². The van der Waals surface area contributed by atoms with Crippen LogP contribution in [0.1, 0.15) is 23.0 Å². The average Bonchev–Trinajstić information content (AvgIpc) is 2.77. The molecule has 0 aliphatic heterocycles. The zero-order valence-electron chi connectivity index (χ0n) is 9.61. The first-order chi connectivity index (χ1) is 8.47. The molecule has 2 aromatic rings. The van der Waals surface area contributed by atoms with E-state index in [-0.39, 0.29) is 5.76 Å².